The molecule has 0 heterocycles. The molecule has 1 aliphatic rings. The quantitative estimate of drug-likeness (QED) is 0.551. The van der Waals surface area contributed by atoms with E-state index in [1.807, 2.05) is 0 Å². The molecule has 0 unspecified atom stereocenters. The first-order valence-corrected chi connectivity index (χ1v) is 8.14. The molecule has 1 rings (SSSR count). The molecular weight excluding hydrogens is 330 g/mol. The van der Waals surface area contributed by atoms with E-state index in [-0.39, 0.29) is 24.8 Å². The molecular formula is C16H27N3O6. The number of rotatable bonds is 5. The number of amides is 3. The van der Waals surface area contributed by atoms with E-state index >= 15 is 0 Å². The molecule has 0 aromatic heterocycles. The van der Waals surface area contributed by atoms with Crippen molar-refractivity contribution in [1.82, 2.24) is 16.0 Å². The van der Waals surface area contributed by atoms with Crippen molar-refractivity contribution in [1.29, 1.82) is 0 Å². The number of aliphatic carboxylic acids is 1. The van der Waals surface area contributed by atoms with Gasteiger partial charge in [0.2, 0.25) is 11.8 Å². The minimum Gasteiger partial charge on any atom is -0.481 e. The van der Waals surface area contributed by atoms with Gasteiger partial charge in [-0.1, -0.05) is 0 Å². The predicted octanol–water partition coefficient (Wildman–Crippen LogP) is 0.0987. The Bertz CT molecular complexity index is 542. The summed E-state index contributed by atoms with van der Waals surface area (Å²) in [6.07, 6.45) is -0.662. The Morgan fingerprint density at radius 2 is 1.76 bits per heavy atom. The average Bonchev–Trinajstić information content (AvgIpc) is 2.80. The Balaban J connectivity index is 3.05. The number of hydrogen-bond donors (Lipinski definition) is 4. The highest BCUT2D eigenvalue weighted by Gasteiger charge is 2.50. The van der Waals surface area contributed by atoms with Gasteiger partial charge in [0.15, 0.2) is 0 Å². The van der Waals surface area contributed by atoms with Gasteiger partial charge < -0.3 is 25.8 Å². The van der Waals surface area contributed by atoms with Crippen molar-refractivity contribution >= 4 is 23.9 Å². The summed E-state index contributed by atoms with van der Waals surface area (Å²) in [4.78, 5) is 47.1. The maximum atomic E-state index is 12.2. The minimum atomic E-state index is -1.07. The Hall–Kier alpha value is -2.32. The molecule has 1 fully saturated rings. The Labute approximate surface area is 146 Å². The van der Waals surface area contributed by atoms with Crippen molar-refractivity contribution in [2.24, 2.45) is 17.8 Å². The molecule has 0 spiro atoms. The Morgan fingerprint density at radius 1 is 1.16 bits per heavy atom. The number of carboxylic acids is 1. The number of nitrogens with one attached hydrogen (secondary N) is 3. The second-order valence-corrected chi connectivity index (χ2v) is 7.17. The summed E-state index contributed by atoms with van der Waals surface area (Å²) in [6, 6.07) is -0.761. The first-order valence-electron chi connectivity index (χ1n) is 8.14. The largest absolute Gasteiger partial charge is 0.481 e. The van der Waals surface area contributed by atoms with Crippen LogP contribution in [0.4, 0.5) is 4.79 Å². The van der Waals surface area contributed by atoms with Gasteiger partial charge in [0, 0.05) is 32.5 Å². The number of carbonyl (C=O) groups is 4. The topological polar surface area (TPSA) is 134 Å². The molecule has 0 aliphatic heterocycles. The Morgan fingerprint density at radius 3 is 2.20 bits per heavy atom. The molecule has 142 valence electrons. The van der Waals surface area contributed by atoms with Gasteiger partial charge in [-0.15, -0.1) is 0 Å². The van der Waals surface area contributed by atoms with Gasteiger partial charge in [-0.25, -0.2) is 4.79 Å². The fourth-order valence-corrected chi connectivity index (χ4v) is 3.07. The van der Waals surface area contributed by atoms with E-state index in [0.29, 0.717) is 0 Å². The number of hydrogen-bond acceptors (Lipinski definition) is 5. The second-order valence-electron chi connectivity index (χ2n) is 7.17. The smallest absolute Gasteiger partial charge is 0.407 e. The fraction of sp³-hybridized carbons (Fsp3) is 0.750. The van der Waals surface area contributed by atoms with Gasteiger partial charge in [0.1, 0.15) is 5.60 Å². The summed E-state index contributed by atoms with van der Waals surface area (Å²) in [7, 11) is 1.45. The summed E-state index contributed by atoms with van der Waals surface area (Å²) < 4.78 is 5.21. The van der Waals surface area contributed by atoms with E-state index in [1.165, 1.54) is 14.0 Å². The van der Waals surface area contributed by atoms with Crippen LogP contribution in [0.15, 0.2) is 0 Å². The number of carbonyl (C=O) groups excluding carboxylic acids is 3. The van der Waals surface area contributed by atoms with E-state index in [4.69, 9.17) is 4.74 Å². The van der Waals surface area contributed by atoms with E-state index in [0.717, 1.165) is 0 Å². The van der Waals surface area contributed by atoms with E-state index in [1.54, 1.807) is 20.8 Å². The van der Waals surface area contributed by atoms with Crippen molar-refractivity contribution in [2.45, 2.75) is 45.8 Å². The van der Waals surface area contributed by atoms with Gasteiger partial charge in [-0.2, -0.15) is 0 Å². The lowest BCUT2D eigenvalue weighted by molar-refractivity contribution is -0.143. The van der Waals surface area contributed by atoms with Crippen molar-refractivity contribution in [3.63, 3.8) is 0 Å². The molecule has 3 amide bonds. The third kappa shape index (κ3) is 5.91. The van der Waals surface area contributed by atoms with Crippen molar-refractivity contribution in [3.8, 4) is 0 Å². The zero-order valence-corrected chi connectivity index (χ0v) is 15.2. The third-order valence-corrected chi connectivity index (χ3v) is 4.09. The standard InChI is InChI=1S/C16H27N3O6/c1-8(20)18-7-11-9(14(22)23)6-10(13(21)17-5)12(11)19-15(24)25-16(2,3)4/h9-12H,6-7H2,1-5H3,(H,17,21)(H,18,20)(H,19,24)(H,22,23)/t9-,10+,11+,12-/m1/s1. The monoisotopic (exact) mass is 357 g/mol. The van der Waals surface area contributed by atoms with Crippen molar-refractivity contribution < 1.29 is 29.0 Å². The van der Waals surface area contributed by atoms with Crippen LogP contribution in [-0.2, 0) is 19.1 Å². The van der Waals surface area contributed by atoms with Gasteiger partial charge >= 0.3 is 12.1 Å². The lowest BCUT2D eigenvalue weighted by Gasteiger charge is -2.28. The summed E-state index contributed by atoms with van der Waals surface area (Å²) in [5.41, 5.74) is -0.732. The van der Waals surface area contributed by atoms with Crippen LogP contribution in [0.5, 0.6) is 0 Å². The van der Waals surface area contributed by atoms with E-state index in [9.17, 15) is 24.3 Å². The lowest BCUT2D eigenvalue weighted by atomic mass is 9.92. The zero-order valence-electron chi connectivity index (χ0n) is 15.2. The predicted molar refractivity (Wildman–Crippen MR) is 88.6 cm³/mol. The van der Waals surface area contributed by atoms with Crippen LogP contribution in [0, 0.1) is 17.8 Å². The van der Waals surface area contributed by atoms with Crippen LogP contribution in [0.3, 0.4) is 0 Å². The average molecular weight is 357 g/mol. The maximum Gasteiger partial charge on any atom is 0.407 e. The molecule has 0 saturated heterocycles. The van der Waals surface area contributed by atoms with Crippen LogP contribution in [0.25, 0.3) is 0 Å². The molecule has 0 aromatic carbocycles. The molecule has 0 radical (unpaired) electrons. The zero-order chi connectivity index (χ0) is 19.4. The molecule has 9 heteroatoms. The first-order chi connectivity index (χ1) is 11.5. The second kappa shape index (κ2) is 8.17. The molecule has 1 aliphatic carbocycles. The lowest BCUT2D eigenvalue weighted by Crippen LogP contribution is -2.50. The van der Waals surface area contributed by atoms with E-state index < -0.39 is 41.5 Å². The third-order valence-electron chi connectivity index (χ3n) is 4.09. The summed E-state index contributed by atoms with van der Waals surface area (Å²) >= 11 is 0. The van der Waals surface area contributed by atoms with Gasteiger partial charge in [-0.3, -0.25) is 14.4 Å². The van der Waals surface area contributed by atoms with Crippen LogP contribution >= 0.6 is 0 Å². The summed E-state index contributed by atoms with van der Waals surface area (Å²) in [5, 5.41) is 17.2. The highest BCUT2D eigenvalue weighted by Crippen LogP contribution is 2.37. The van der Waals surface area contributed by atoms with Crippen LogP contribution in [-0.4, -0.2) is 54.2 Å². The SMILES string of the molecule is CNC(=O)[C@H]1C[C@@H](C(=O)O)[C@H](CNC(C)=O)[C@@H]1NC(=O)OC(C)(C)C. The molecule has 9 nitrogen and oxygen atoms in total. The van der Waals surface area contributed by atoms with Crippen molar-refractivity contribution in [2.75, 3.05) is 13.6 Å². The minimum absolute atomic E-state index is 0.0419. The highest BCUT2D eigenvalue weighted by atomic mass is 16.6. The van der Waals surface area contributed by atoms with Crippen molar-refractivity contribution in [3.05, 3.63) is 0 Å². The van der Waals surface area contributed by atoms with Crippen LogP contribution in [0.2, 0.25) is 0 Å². The van der Waals surface area contributed by atoms with Crippen LogP contribution < -0.4 is 16.0 Å². The van der Waals surface area contributed by atoms with Gasteiger partial charge in [0.25, 0.3) is 0 Å². The normalized spacial score (nSPS) is 25.8. The van der Waals surface area contributed by atoms with Crippen LogP contribution in [0.1, 0.15) is 34.1 Å². The first kappa shape index (κ1) is 20.7. The highest BCUT2D eigenvalue weighted by molar-refractivity contribution is 5.83. The summed E-state index contributed by atoms with van der Waals surface area (Å²) in [6.45, 7) is 6.46. The molecule has 0 aromatic rings. The Kier molecular flexibility index (Phi) is 6.78. The number of ether oxygens (including phenoxy) is 1. The number of alkyl carbamates (subject to hydrolysis) is 1. The number of carboxylic acid groups (broad SMARTS) is 1. The maximum absolute atomic E-state index is 12.2. The molecule has 1 saturated carbocycles. The molecule has 0 bridgehead atoms. The van der Waals surface area contributed by atoms with Gasteiger partial charge in [-0.05, 0) is 27.2 Å². The molecule has 4 N–H and O–H groups in total. The molecule has 25 heavy (non-hydrogen) atoms. The molecule has 4 atom stereocenters. The van der Waals surface area contributed by atoms with Gasteiger partial charge in [0.05, 0.1) is 11.8 Å². The fourth-order valence-electron chi connectivity index (χ4n) is 3.07. The summed E-state index contributed by atoms with van der Waals surface area (Å²) in [5.74, 6) is -3.97. The van der Waals surface area contributed by atoms with E-state index in [2.05, 4.69) is 16.0 Å².